The number of thioether (sulfide) groups is 1. The standard InChI is InChI=1S/C17H21FN4O3S/c1-12(25-14-5-3-13(18)4-6-14)16-19-20-17(21(16)2)26-11-15(23)22-7-9-24-10-8-22/h3-6,12H,7-11H2,1-2H3. The summed E-state index contributed by atoms with van der Waals surface area (Å²) in [4.78, 5) is 14.0. The zero-order valence-electron chi connectivity index (χ0n) is 14.7. The van der Waals surface area contributed by atoms with Gasteiger partial charge in [-0.1, -0.05) is 11.8 Å². The number of benzene rings is 1. The van der Waals surface area contributed by atoms with Crippen LogP contribution < -0.4 is 4.74 Å². The number of carbonyl (C=O) groups is 1. The van der Waals surface area contributed by atoms with Crippen molar-refractivity contribution in [2.75, 3.05) is 32.1 Å². The molecule has 0 N–H and O–H groups in total. The first-order valence-electron chi connectivity index (χ1n) is 8.34. The first kappa shape index (κ1) is 18.7. The smallest absolute Gasteiger partial charge is 0.233 e. The maximum Gasteiger partial charge on any atom is 0.233 e. The van der Waals surface area contributed by atoms with Crippen LogP contribution in [0.3, 0.4) is 0 Å². The van der Waals surface area contributed by atoms with Crippen molar-refractivity contribution in [2.45, 2.75) is 18.2 Å². The molecule has 9 heteroatoms. The van der Waals surface area contributed by atoms with Gasteiger partial charge in [-0.3, -0.25) is 4.79 Å². The second kappa shape index (κ2) is 8.50. The average molecular weight is 380 g/mol. The van der Waals surface area contributed by atoms with Crippen molar-refractivity contribution in [2.24, 2.45) is 7.05 Å². The van der Waals surface area contributed by atoms with E-state index >= 15 is 0 Å². The van der Waals surface area contributed by atoms with E-state index in [1.54, 1.807) is 17.0 Å². The third-order valence-corrected chi connectivity index (χ3v) is 5.05. The van der Waals surface area contributed by atoms with Gasteiger partial charge in [0.25, 0.3) is 0 Å². The van der Waals surface area contributed by atoms with Crippen LogP contribution >= 0.6 is 11.8 Å². The van der Waals surface area contributed by atoms with Crippen molar-refractivity contribution in [1.82, 2.24) is 19.7 Å². The Labute approximate surface area is 155 Å². The Morgan fingerprint density at radius 2 is 2.00 bits per heavy atom. The summed E-state index contributed by atoms with van der Waals surface area (Å²) in [6.07, 6.45) is -0.359. The Hall–Kier alpha value is -2.13. The first-order valence-corrected chi connectivity index (χ1v) is 9.33. The second-order valence-corrected chi connectivity index (χ2v) is 6.84. The van der Waals surface area contributed by atoms with E-state index in [2.05, 4.69) is 10.2 Å². The Morgan fingerprint density at radius 1 is 1.31 bits per heavy atom. The molecule has 26 heavy (non-hydrogen) atoms. The fourth-order valence-electron chi connectivity index (χ4n) is 2.61. The minimum Gasteiger partial charge on any atom is -0.483 e. The lowest BCUT2D eigenvalue weighted by molar-refractivity contribution is -0.132. The van der Waals surface area contributed by atoms with Gasteiger partial charge in [-0.2, -0.15) is 0 Å². The predicted octanol–water partition coefficient (Wildman–Crippen LogP) is 2.05. The molecule has 1 saturated heterocycles. The number of aromatic nitrogens is 3. The van der Waals surface area contributed by atoms with E-state index in [0.29, 0.717) is 48.8 Å². The summed E-state index contributed by atoms with van der Waals surface area (Å²) in [5.41, 5.74) is 0. The van der Waals surface area contributed by atoms with E-state index in [1.165, 1.54) is 23.9 Å². The van der Waals surface area contributed by atoms with Crippen molar-refractivity contribution in [3.05, 3.63) is 35.9 Å². The highest BCUT2D eigenvalue weighted by atomic mass is 32.2. The number of rotatable bonds is 6. The molecule has 1 aromatic carbocycles. The lowest BCUT2D eigenvalue weighted by atomic mass is 10.3. The van der Waals surface area contributed by atoms with E-state index in [-0.39, 0.29) is 17.8 Å². The molecule has 0 radical (unpaired) electrons. The van der Waals surface area contributed by atoms with Crippen LogP contribution in [0.4, 0.5) is 4.39 Å². The molecule has 1 unspecified atom stereocenters. The van der Waals surface area contributed by atoms with Gasteiger partial charge in [-0.05, 0) is 31.2 Å². The predicted molar refractivity (Wildman–Crippen MR) is 94.6 cm³/mol. The zero-order valence-corrected chi connectivity index (χ0v) is 15.5. The number of halogens is 1. The van der Waals surface area contributed by atoms with Crippen molar-refractivity contribution in [1.29, 1.82) is 0 Å². The number of morpholine rings is 1. The van der Waals surface area contributed by atoms with Gasteiger partial charge in [0.2, 0.25) is 5.91 Å². The van der Waals surface area contributed by atoms with Crippen molar-refractivity contribution in [3.8, 4) is 5.75 Å². The largest absolute Gasteiger partial charge is 0.483 e. The van der Waals surface area contributed by atoms with E-state index in [0.717, 1.165) is 0 Å². The van der Waals surface area contributed by atoms with Gasteiger partial charge in [-0.25, -0.2) is 4.39 Å². The van der Waals surface area contributed by atoms with E-state index in [1.807, 2.05) is 18.5 Å². The van der Waals surface area contributed by atoms with Crippen LogP contribution in [0, 0.1) is 5.82 Å². The van der Waals surface area contributed by atoms with Crippen LogP contribution in [0.25, 0.3) is 0 Å². The van der Waals surface area contributed by atoms with E-state index in [9.17, 15) is 9.18 Å². The maximum absolute atomic E-state index is 13.0. The Bertz CT molecular complexity index is 747. The Kier molecular flexibility index (Phi) is 6.10. The van der Waals surface area contributed by atoms with E-state index < -0.39 is 0 Å². The van der Waals surface area contributed by atoms with Gasteiger partial charge in [0.05, 0.1) is 19.0 Å². The number of amides is 1. The molecule has 2 aromatic rings. The lowest BCUT2D eigenvalue weighted by Crippen LogP contribution is -2.41. The van der Waals surface area contributed by atoms with Gasteiger partial charge < -0.3 is 18.9 Å². The topological polar surface area (TPSA) is 69.5 Å². The summed E-state index contributed by atoms with van der Waals surface area (Å²) in [5, 5.41) is 8.97. The summed E-state index contributed by atoms with van der Waals surface area (Å²) < 4.78 is 25.8. The van der Waals surface area contributed by atoms with Gasteiger partial charge in [0.15, 0.2) is 17.1 Å². The summed E-state index contributed by atoms with van der Waals surface area (Å²) >= 11 is 1.35. The van der Waals surface area contributed by atoms with Crippen LogP contribution in [-0.2, 0) is 16.6 Å². The quantitative estimate of drug-likeness (QED) is 0.715. The number of nitrogens with zero attached hydrogens (tertiary/aromatic N) is 4. The normalized spacial score (nSPS) is 15.7. The fourth-order valence-corrected chi connectivity index (χ4v) is 3.43. The van der Waals surface area contributed by atoms with Crippen molar-refractivity contribution in [3.63, 3.8) is 0 Å². The van der Waals surface area contributed by atoms with Crippen LogP contribution in [0.2, 0.25) is 0 Å². The highest BCUT2D eigenvalue weighted by molar-refractivity contribution is 7.99. The molecule has 7 nitrogen and oxygen atoms in total. The van der Waals surface area contributed by atoms with Crippen LogP contribution in [0.15, 0.2) is 29.4 Å². The number of carbonyl (C=O) groups excluding carboxylic acids is 1. The van der Waals surface area contributed by atoms with Crippen LogP contribution in [0.1, 0.15) is 18.9 Å². The summed E-state index contributed by atoms with van der Waals surface area (Å²) in [6.45, 7) is 4.28. The highest BCUT2D eigenvalue weighted by Gasteiger charge is 2.20. The monoisotopic (exact) mass is 380 g/mol. The molecule has 1 fully saturated rings. The number of ether oxygens (including phenoxy) is 2. The number of hydrogen-bond acceptors (Lipinski definition) is 6. The minimum atomic E-state index is -0.359. The maximum atomic E-state index is 13.0. The average Bonchev–Trinajstić information content (AvgIpc) is 3.03. The lowest BCUT2D eigenvalue weighted by Gasteiger charge is -2.26. The SMILES string of the molecule is CC(Oc1ccc(F)cc1)c1nnc(SCC(=O)N2CCOCC2)n1C. The molecule has 0 saturated carbocycles. The van der Waals surface area contributed by atoms with Gasteiger partial charge in [0, 0.05) is 20.1 Å². The van der Waals surface area contributed by atoms with Crippen molar-refractivity contribution >= 4 is 17.7 Å². The molecule has 1 aliphatic heterocycles. The molecular formula is C17H21FN4O3S. The Morgan fingerprint density at radius 3 is 2.69 bits per heavy atom. The highest BCUT2D eigenvalue weighted by Crippen LogP contribution is 2.24. The van der Waals surface area contributed by atoms with Gasteiger partial charge >= 0.3 is 0 Å². The molecule has 140 valence electrons. The molecule has 0 aliphatic carbocycles. The summed E-state index contributed by atoms with van der Waals surface area (Å²) in [5.74, 6) is 1.25. The molecular weight excluding hydrogens is 359 g/mol. The van der Waals surface area contributed by atoms with Gasteiger partial charge in [0.1, 0.15) is 11.6 Å². The van der Waals surface area contributed by atoms with E-state index in [4.69, 9.17) is 9.47 Å². The molecule has 1 amide bonds. The molecule has 1 atom stereocenters. The van der Waals surface area contributed by atoms with Gasteiger partial charge in [-0.15, -0.1) is 10.2 Å². The second-order valence-electron chi connectivity index (χ2n) is 5.90. The molecule has 1 aromatic heterocycles. The molecule has 1 aliphatic rings. The van der Waals surface area contributed by atoms with Crippen LogP contribution in [0.5, 0.6) is 5.75 Å². The summed E-state index contributed by atoms with van der Waals surface area (Å²) in [7, 11) is 1.83. The molecule has 3 rings (SSSR count). The van der Waals surface area contributed by atoms with Crippen molar-refractivity contribution < 1.29 is 18.7 Å². The molecule has 0 spiro atoms. The minimum absolute atomic E-state index is 0.0680. The Balaban J connectivity index is 1.58. The third kappa shape index (κ3) is 4.53. The first-order chi connectivity index (χ1) is 12.5. The fraction of sp³-hybridized carbons (Fsp3) is 0.471. The zero-order chi connectivity index (χ0) is 18.5. The third-order valence-electron chi connectivity index (χ3n) is 4.05. The summed E-state index contributed by atoms with van der Waals surface area (Å²) in [6, 6.07) is 5.83. The van der Waals surface area contributed by atoms with Crippen LogP contribution in [-0.4, -0.2) is 57.6 Å². The molecule has 0 bridgehead atoms. The molecule has 2 heterocycles. The number of hydrogen-bond donors (Lipinski definition) is 0.